The van der Waals surface area contributed by atoms with E-state index < -0.39 is 0 Å². The second-order valence-electron chi connectivity index (χ2n) is 5.22. The molecule has 0 spiro atoms. The highest BCUT2D eigenvalue weighted by molar-refractivity contribution is 7.19. The molecule has 1 aliphatic rings. The number of ether oxygens (including phenoxy) is 1. The van der Waals surface area contributed by atoms with Crippen molar-refractivity contribution in [3.05, 3.63) is 4.88 Å². The Morgan fingerprint density at radius 3 is 2.67 bits per heavy atom. The zero-order valence-electron chi connectivity index (χ0n) is 12.4. The average molecular weight is 313 g/mol. The Hall–Kier alpha value is -1.47. The molecule has 0 aromatic carbocycles. The van der Waals surface area contributed by atoms with E-state index in [9.17, 15) is 9.90 Å². The summed E-state index contributed by atoms with van der Waals surface area (Å²) in [5.74, 6) is 0.359. The first-order chi connectivity index (χ1) is 10.1. The van der Waals surface area contributed by atoms with Crippen LogP contribution in [-0.4, -0.2) is 36.8 Å². The number of rotatable bonds is 5. The van der Waals surface area contributed by atoms with Gasteiger partial charge in [0.15, 0.2) is 5.75 Å². The molecule has 21 heavy (non-hydrogen) atoms. The molecule has 1 heterocycles. The van der Waals surface area contributed by atoms with E-state index in [1.807, 2.05) is 6.92 Å². The Kier molecular flexibility index (Phi) is 5.30. The van der Waals surface area contributed by atoms with Crippen LogP contribution in [0.4, 0.5) is 10.7 Å². The molecule has 0 radical (unpaired) electrons. The topological polar surface area (TPSA) is 96.6 Å². The largest absolute Gasteiger partial charge is 0.492 e. The highest BCUT2D eigenvalue weighted by Crippen LogP contribution is 2.43. The summed E-state index contributed by atoms with van der Waals surface area (Å²) >= 11 is 1.32. The van der Waals surface area contributed by atoms with Gasteiger partial charge in [0.2, 0.25) is 0 Å². The van der Waals surface area contributed by atoms with Crippen molar-refractivity contribution in [3.8, 4) is 5.75 Å². The number of hydrogen-bond donors (Lipinski definition) is 4. The summed E-state index contributed by atoms with van der Waals surface area (Å²) in [5, 5.41) is 16.5. The zero-order chi connectivity index (χ0) is 15.4. The SMILES string of the molecule is CCNC(=O)c1sc(NC2CCC(O)CC2)c(OC)c1N. The fourth-order valence-electron chi connectivity index (χ4n) is 2.54. The molecule has 0 bridgehead atoms. The summed E-state index contributed by atoms with van der Waals surface area (Å²) in [6.45, 7) is 2.42. The van der Waals surface area contributed by atoms with Crippen LogP contribution in [0.1, 0.15) is 42.3 Å². The predicted molar refractivity (Wildman–Crippen MR) is 85.2 cm³/mol. The highest BCUT2D eigenvalue weighted by atomic mass is 32.1. The highest BCUT2D eigenvalue weighted by Gasteiger charge is 2.25. The predicted octanol–water partition coefficient (Wildman–Crippen LogP) is 1.80. The number of carbonyl (C=O) groups excluding carboxylic acids is 1. The monoisotopic (exact) mass is 313 g/mol. The molecule has 1 aliphatic carbocycles. The zero-order valence-corrected chi connectivity index (χ0v) is 13.3. The minimum atomic E-state index is -0.191. The maximum Gasteiger partial charge on any atom is 0.263 e. The van der Waals surface area contributed by atoms with E-state index in [0.29, 0.717) is 22.9 Å². The number of amides is 1. The lowest BCUT2D eigenvalue weighted by atomic mass is 9.93. The summed E-state index contributed by atoms with van der Waals surface area (Å²) < 4.78 is 5.34. The van der Waals surface area contributed by atoms with Gasteiger partial charge in [0.05, 0.1) is 13.2 Å². The second-order valence-corrected chi connectivity index (χ2v) is 6.24. The van der Waals surface area contributed by atoms with Gasteiger partial charge in [0.25, 0.3) is 5.91 Å². The first kappa shape index (κ1) is 15.9. The lowest BCUT2D eigenvalue weighted by Crippen LogP contribution is -2.28. The first-order valence-corrected chi connectivity index (χ1v) is 8.07. The van der Waals surface area contributed by atoms with Gasteiger partial charge in [-0.2, -0.15) is 0 Å². The van der Waals surface area contributed by atoms with E-state index >= 15 is 0 Å². The number of methoxy groups -OCH3 is 1. The third kappa shape index (κ3) is 3.59. The van der Waals surface area contributed by atoms with Gasteiger partial charge in [-0.05, 0) is 32.6 Å². The Labute approximate surface area is 128 Å². The Bertz CT molecular complexity index is 496. The minimum Gasteiger partial charge on any atom is -0.492 e. The van der Waals surface area contributed by atoms with Gasteiger partial charge in [-0.3, -0.25) is 4.79 Å². The van der Waals surface area contributed by atoms with Gasteiger partial charge in [-0.1, -0.05) is 0 Å². The van der Waals surface area contributed by atoms with Crippen LogP contribution in [-0.2, 0) is 0 Å². The van der Waals surface area contributed by atoms with Crippen LogP contribution in [0.5, 0.6) is 5.75 Å². The van der Waals surface area contributed by atoms with Crippen molar-refractivity contribution in [2.24, 2.45) is 0 Å². The molecule has 7 heteroatoms. The van der Waals surface area contributed by atoms with Crippen molar-refractivity contribution in [3.63, 3.8) is 0 Å². The average Bonchev–Trinajstić information content (AvgIpc) is 2.78. The maximum atomic E-state index is 12.0. The maximum absolute atomic E-state index is 12.0. The molecule has 0 aliphatic heterocycles. The van der Waals surface area contributed by atoms with Gasteiger partial charge in [0, 0.05) is 12.6 Å². The van der Waals surface area contributed by atoms with Gasteiger partial charge in [-0.25, -0.2) is 0 Å². The van der Waals surface area contributed by atoms with Crippen molar-refractivity contribution in [2.75, 3.05) is 24.7 Å². The van der Waals surface area contributed by atoms with Crippen molar-refractivity contribution in [1.82, 2.24) is 5.32 Å². The third-order valence-electron chi connectivity index (χ3n) is 3.68. The molecular weight excluding hydrogens is 290 g/mol. The van der Waals surface area contributed by atoms with E-state index in [2.05, 4.69) is 10.6 Å². The molecule has 0 saturated heterocycles. The first-order valence-electron chi connectivity index (χ1n) is 7.25. The molecule has 2 rings (SSSR count). The number of nitrogens with one attached hydrogen (secondary N) is 2. The number of aliphatic hydroxyl groups is 1. The van der Waals surface area contributed by atoms with Crippen LogP contribution in [0.15, 0.2) is 0 Å². The number of anilines is 2. The third-order valence-corrected chi connectivity index (χ3v) is 4.80. The number of carbonyl (C=O) groups is 1. The standard InChI is InChI=1S/C14H23N3O3S/c1-3-16-13(19)12-10(15)11(20-2)14(21-12)17-8-4-6-9(18)7-5-8/h8-9,17-18H,3-7,15H2,1-2H3,(H,16,19). The number of hydrogen-bond acceptors (Lipinski definition) is 6. The molecule has 1 fully saturated rings. The van der Waals surface area contributed by atoms with Gasteiger partial charge < -0.3 is 26.2 Å². The summed E-state index contributed by atoms with van der Waals surface area (Å²) in [7, 11) is 1.55. The van der Waals surface area contributed by atoms with E-state index in [0.717, 1.165) is 30.7 Å². The van der Waals surface area contributed by atoms with Gasteiger partial charge >= 0.3 is 0 Å². The molecule has 1 amide bonds. The number of thiophene rings is 1. The lowest BCUT2D eigenvalue weighted by molar-refractivity contribution is 0.0960. The van der Waals surface area contributed by atoms with Crippen LogP contribution in [0, 0.1) is 0 Å². The number of nitrogens with two attached hydrogens (primary N) is 1. The van der Waals surface area contributed by atoms with E-state index in [1.54, 1.807) is 7.11 Å². The van der Waals surface area contributed by atoms with Gasteiger partial charge in [-0.15, -0.1) is 11.3 Å². The molecule has 118 valence electrons. The van der Waals surface area contributed by atoms with E-state index in [-0.39, 0.29) is 18.1 Å². The molecule has 1 aromatic heterocycles. The molecule has 0 unspecified atom stereocenters. The quantitative estimate of drug-likeness (QED) is 0.665. The molecule has 0 atom stereocenters. The van der Waals surface area contributed by atoms with Crippen molar-refractivity contribution in [2.45, 2.75) is 44.8 Å². The fraction of sp³-hybridized carbons (Fsp3) is 0.643. The molecular formula is C14H23N3O3S. The van der Waals surface area contributed by atoms with E-state index in [4.69, 9.17) is 10.5 Å². The Morgan fingerprint density at radius 1 is 1.43 bits per heavy atom. The summed E-state index contributed by atoms with van der Waals surface area (Å²) in [5.41, 5.74) is 6.40. The van der Waals surface area contributed by atoms with Crippen LogP contribution in [0.2, 0.25) is 0 Å². The van der Waals surface area contributed by atoms with Crippen molar-refractivity contribution < 1.29 is 14.6 Å². The molecule has 1 aromatic rings. The van der Waals surface area contributed by atoms with Crippen LogP contribution in [0.25, 0.3) is 0 Å². The van der Waals surface area contributed by atoms with E-state index in [1.165, 1.54) is 11.3 Å². The van der Waals surface area contributed by atoms with Crippen LogP contribution >= 0.6 is 11.3 Å². The smallest absolute Gasteiger partial charge is 0.263 e. The molecule has 6 nitrogen and oxygen atoms in total. The molecule has 1 saturated carbocycles. The Morgan fingerprint density at radius 2 is 2.10 bits per heavy atom. The van der Waals surface area contributed by atoms with Crippen molar-refractivity contribution in [1.29, 1.82) is 0 Å². The normalized spacial score (nSPS) is 21.9. The van der Waals surface area contributed by atoms with Crippen LogP contribution in [0.3, 0.4) is 0 Å². The van der Waals surface area contributed by atoms with Crippen molar-refractivity contribution >= 4 is 27.9 Å². The van der Waals surface area contributed by atoms with Crippen LogP contribution < -0.4 is 21.1 Å². The lowest BCUT2D eigenvalue weighted by Gasteiger charge is -2.26. The second kappa shape index (κ2) is 7.00. The number of nitrogen functional groups attached to an aromatic ring is 1. The minimum absolute atomic E-state index is 0.176. The fourth-order valence-corrected chi connectivity index (χ4v) is 3.62. The molecule has 5 N–H and O–H groups in total. The Balaban J connectivity index is 2.15. The van der Waals surface area contributed by atoms with Gasteiger partial charge in [0.1, 0.15) is 15.6 Å². The summed E-state index contributed by atoms with van der Waals surface area (Å²) in [4.78, 5) is 12.5. The summed E-state index contributed by atoms with van der Waals surface area (Å²) in [6.07, 6.45) is 3.20. The number of aliphatic hydroxyl groups excluding tert-OH is 1. The summed E-state index contributed by atoms with van der Waals surface area (Å²) in [6, 6.07) is 0.280.